The summed E-state index contributed by atoms with van der Waals surface area (Å²) in [4.78, 5) is 10.3. The molecule has 6 heteroatoms. The Kier molecular flexibility index (Phi) is 3.82. The Morgan fingerprint density at radius 3 is 2.88 bits per heavy atom. The van der Waals surface area contributed by atoms with Crippen molar-refractivity contribution in [3.05, 3.63) is 33.9 Å². The van der Waals surface area contributed by atoms with E-state index in [-0.39, 0.29) is 30.3 Å². The summed E-state index contributed by atoms with van der Waals surface area (Å²) in [5, 5.41) is 17.8. The van der Waals surface area contributed by atoms with E-state index in [2.05, 4.69) is 0 Å². The van der Waals surface area contributed by atoms with Crippen molar-refractivity contribution in [1.82, 2.24) is 0 Å². The number of nitro groups is 1. The predicted octanol–water partition coefficient (Wildman–Crippen LogP) is 1.61. The van der Waals surface area contributed by atoms with E-state index in [1.165, 1.54) is 6.07 Å². The van der Waals surface area contributed by atoms with Gasteiger partial charge >= 0.3 is 5.69 Å². The SMILES string of the molecule is Cc1cccc(OCCC(=N)N)c1[N+](=O)[O-]. The third kappa shape index (κ3) is 2.94. The Morgan fingerprint density at radius 1 is 1.62 bits per heavy atom. The minimum atomic E-state index is -0.474. The zero-order chi connectivity index (χ0) is 12.1. The van der Waals surface area contributed by atoms with Crippen LogP contribution in [0.25, 0.3) is 0 Å². The molecule has 3 N–H and O–H groups in total. The zero-order valence-corrected chi connectivity index (χ0v) is 8.90. The molecule has 0 aliphatic rings. The smallest absolute Gasteiger partial charge is 0.313 e. The number of hydrogen-bond acceptors (Lipinski definition) is 4. The molecule has 0 spiro atoms. The van der Waals surface area contributed by atoms with Crippen LogP contribution in [-0.4, -0.2) is 17.4 Å². The molecule has 0 radical (unpaired) electrons. The Labute approximate surface area is 92.7 Å². The molecule has 0 saturated carbocycles. The van der Waals surface area contributed by atoms with Gasteiger partial charge in [-0.2, -0.15) is 0 Å². The van der Waals surface area contributed by atoms with E-state index in [0.29, 0.717) is 5.56 Å². The van der Waals surface area contributed by atoms with Gasteiger partial charge in [-0.3, -0.25) is 15.5 Å². The fraction of sp³-hybridized carbons (Fsp3) is 0.300. The first-order valence-electron chi connectivity index (χ1n) is 4.72. The molecule has 0 amide bonds. The van der Waals surface area contributed by atoms with Gasteiger partial charge in [-0.1, -0.05) is 12.1 Å². The molecule has 16 heavy (non-hydrogen) atoms. The Hall–Kier alpha value is -2.11. The van der Waals surface area contributed by atoms with Gasteiger partial charge in [0.05, 0.1) is 17.4 Å². The van der Waals surface area contributed by atoms with Crippen LogP contribution in [0.4, 0.5) is 5.69 Å². The molecule has 0 aliphatic carbocycles. The van der Waals surface area contributed by atoms with Crippen LogP contribution in [0, 0.1) is 22.4 Å². The fourth-order valence-corrected chi connectivity index (χ4v) is 1.25. The average Bonchev–Trinajstić information content (AvgIpc) is 2.16. The topological polar surface area (TPSA) is 102 Å². The molecule has 0 fully saturated rings. The number of rotatable bonds is 5. The maximum atomic E-state index is 10.8. The van der Waals surface area contributed by atoms with Crippen molar-refractivity contribution >= 4 is 11.5 Å². The molecule has 6 nitrogen and oxygen atoms in total. The van der Waals surface area contributed by atoms with Gasteiger partial charge in [0.2, 0.25) is 0 Å². The van der Waals surface area contributed by atoms with Crippen LogP contribution in [-0.2, 0) is 0 Å². The van der Waals surface area contributed by atoms with Gasteiger partial charge in [-0.05, 0) is 13.0 Å². The first-order valence-corrected chi connectivity index (χ1v) is 4.72. The standard InChI is InChI=1S/C10H13N3O3/c1-7-3-2-4-8(10(7)13(14)15)16-6-5-9(11)12/h2-4H,5-6H2,1H3,(H3,11,12). The van der Waals surface area contributed by atoms with Gasteiger partial charge < -0.3 is 10.5 Å². The van der Waals surface area contributed by atoms with Gasteiger partial charge in [0.1, 0.15) is 0 Å². The van der Waals surface area contributed by atoms with Crippen LogP contribution in [0.2, 0.25) is 0 Å². The van der Waals surface area contributed by atoms with Gasteiger partial charge in [-0.25, -0.2) is 0 Å². The number of ether oxygens (including phenoxy) is 1. The lowest BCUT2D eigenvalue weighted by molar-refractivity contribution is -0.386. The third-order valence-electron chi connectivity index (χ3n) is 2.01. The van der Waals surface area contributed by atoms with E-state index in [1.807, 2.05) is 0 Å². The van der Waals surface area contributed by atoms with Gasteiger partial charge in [-0.15, -0.1) is 0 Å². The minimum absolute atomic E-state index is 0.00435. The minimum Gasteiger partial charge on any atom is -0.486 e. The van der Waals surface area contributed by atoms with Crippen LogP contribution in [0.1, 0.15) is 12.0 Å². The van der Waals surface area contributed by atoms with Crippen molar-refractivity contribution in [2.45, 2.75) is 13.3 Å². The second-order valence-corrected chi connectivity index (χ2v) is 3.30. The van der Waals surface area contributed by atoms with Crippen molar-refractivity contribution in [2.24, 2.45) is 5.73 Å². The summed E-state index contributed by atoms with van der Waals surface area (Å²) >= 11 is 0. The average molecular weight is 223 g/mol. The van der Waals surface area contributed by atoms with E-state index in [9.17, 15) is 10.1 Å². The lowest BCUT2D eigenvalue weighted by atomic mass is 10.2. The summed E-state index contributed by atoms with van der Waals surface area (Å²) in [5.74, 6) is 0.210. The van der Waals surface area contributed by atoms with E-state index in [0.717, 1.165) is 0 Å². The van der Waals surface area contributed by atoms with E-state index >= 15 is 0 Å². The maximum Gasteiger partial charge on any atom is 0.313 e. The summed E-state index contributed by atoms with van der Waals surface area (Å²) in [6, 6.07) is 4.87. The Balaban J connectivity index is 2.83. The number of nitrogens with one attached hydrogen (secondary N) is 1. The molecule has 1 rings (SSSR count). The Bertz CT molecular complexity index is 418. The molecular formula is C10H13N3O3. The van der Waals surface area contributed by atoms with Crippen LogP contribution >= 0.6 is 0 Å². The number of hydrogen-bond donors (Lipinski definition) is 2. The molecule has 0 aliphatic heterocycles. The summed E-state index contributed by atoms with van der Waals surface area (Å²) in [6.45, 7) is 1.82. The lowest BCUT2D eigenvalue weighted by Gasteiger charge is -2.07. The highest BCUT2D eigenvalue weighted by atomic mass is 16.6. The molecule has 0 aromatic heterocycles. The molecule has 0 atom stereocenters. The first-order chi connectivity index (χ1) is 7.52. The molecule has 86 valence electrons. The van der Waals surface area contributed by atoms with Crippen molar-refractivity contribution in [1.29, 1.82) is 5.41 Å². The molecule has 0 heterocycles. The van der Waals surface area contributed by atoms with Gasteiger partial charge in [0.15, 0.2) is 5.75 Å². The van der Waals surface area contributed by atoms with Crippen molar-refractivity contribution in [3.63, 3.8) is 0 Å². The molecule has 0 bridgehead atoms. The highest BCUT2D eigenvalue weighted by Gasteiger charge is 2.17. The van der Waals surface area contributed by atoms with Crippen LogP contribution in [0.3, 0.4) is 0 Å². The molecular weight excluding hydrogens is 210 g/mol. The third-order valence-corrected chi connectivity index (χ3v) is 2.01. The normalized spacial score (nSPS) is 9.81. The van der Waals surface area contributed by atoms with E-state index in [1.54, 1.807) is 19.1 Å². The number of nitrogens with zero attached hydrogens (tertiary/aromatic N) is 1. The largest absolute Gasteiger partial charge is 0.486 e. The second kappa shape index (κ2) is 5.11. The number of benzene rings is 1. The molecule has 1 aromatic rings. The Morgan fingerprint density at radius 2 is 2.31 bits per heavy atom. The summed E-state index contributed by atoms with van der Waals surface area (Å²) in [5.41, 5.74) is 5.66. The number of para-hydroxylation sites is 1. The summed E-state index contributed by atoms with van der Waals surface area (Å²) in [7, 11) is 0. The van der Waals surface area contributed by atoms with Crippen molar-refractivity contribution < 1.29 is 9.66 Å². The van der Waals surface area contributed by atoms with E-state index in [4.69, 9.17) is 15.9 Å². The van der Waals surface area contributed by atoms with E-state index < -0.39 is 4.92 Å². The van der Waals surface area contributed by atoms with Crippen LogP contribution < -0.4 is 10.5 Å². The highest BCUT2D eigenvalue weighted by molar-refractivity contribution is 5.76. The van der Waals surface area contributed by atoms with Gasteiger partial charge in [0, 0.05) is 12.0 Å². The monoisotopic (exact) mass is 223 g/mol. The predicted molar refractivity (Wildman–Crippen MR) is 59.9 cm³/mol. The van der Waals surface area contributed by atoms with Crippen LogP contribution in [0.5, 0.6) is 5.75 Å². The molecule has 0 unspecified atom stereocenters. The highest BCUT2D eigenvalue weighted by Crippen LogP contribution is 2.29. The molecule has 0 saturated heterocycles. The number of nitrogens with two attached hydrogens (primary N) is 1. The molecule has 1 aromatic carbocycles. The first kappa shape index (κ1) is 12.0. The quantitative estimate of drug-likeness (QED) is 0.342. The zero-order valence-electron chi connectivity index (χ0n) is 8.90. The van der Waals surface area contributed by atoms with Gasteiger partial charge in [0.25, 0.3) is 0 Å². The fourth-order valence-electron chi connectivity index (χ4n) is 1.25. The second-order valence-electron chi connectivity index (χ2n) is 3.30. The lowest BCUT2D eigenvalue weighted by Crippen LogP contribution is -2.14. The van der Waals surface area contributed by atoms with Crippen LogP contribution in [0.15, 0.2) is 18.2 Å². The maximum absolute atomic E-state index is 10.8. The number of nitro benzene ring substituents is 1. The summed E-state index contributed by atoms with van der Waals surface area (Å²) < 4.78 is 5.23. The number of aryl methyl sites for hydroxylation is 1. The number of amidine groups is 1. The van der Waals surface area contributed by atoms with Crippen molar-refractivity contribution in [2.75, 3.05) is 6.61 Å². The summed E-state index contributed by atoms with van der Waals surface area (Å²) in [6.07, 6.45) is 0.255. The van der Waals surface area contributed by atoms with Crippen molar-refractivity contribution in [3.8, 4) is 5.75 Å².